The van der Waals surface area contributed by atoms with Crippen molar-refractivity contribution < 1.29 is 27.9 Å². The highest BCUT2D eigenvalue weighted by Gasteiger charge is 2.19. The van der Waals surface area contributed by atoms with Crippen LogP contribution in [-0.2, 0) is 34.0 Å². The Kier molecular flexibility index (Phi) is 8.20. The molecule has 4 N–H and O–H groups in total. The van der Waals surface area contributed by atoms with E-state index in [0.29, 0.717) is 34.2 Å². The fraction of sp³-hybridized carbons (Fsp3) is 0.217. The zero-order valence-electron chi connectivity index (χ0n) is 19.0. The summed E-state index contributed by atoms with van der Waals surface area (Å²) in [5, 5.41) is 16.8. The van der Waals surface area contributed by atoms with Crippen molar-refractivity contribution in [2.75, 3.05) is 16.9 Å². The predicted molar refractivity (Wildman–Crippen MR) is 133 cm³/mol. The molecule has 3 aromatic rings. The van der Waals surface area contributed by atoms with Gasteiger partial charge in [-0.3, -0.25) is 14.9 Å². The standard InChI is InChI=1S/C23H24N4O6S2/c1-14(28)25-22-27-19(12-7-15-3-8-17(9-4-15)26-23(30)31)20(34-22)21(29)24-13-16-5-10-18(11-6-16)35(2,32)33/h3-6,8-11,26H,7,12-13H2,1-2H3,(H,24,29)(H,30,31)(H,25,27,28). The van der Waals surface area contributed by atoms with Gasteiger partial charge in [0, 0.05) is 25.4 Å². The summed E-state index contributed by atoms with van der Waals surface area (Å²) in [5.41, 5.74) is 2.63. The zero-order valence-corrected chi connectivity index (χ0v) is 20.6. The van der Waals surface area contributed by atoms with Gasteiger partial charge in [0.2, 0.25) is 5.91 Å². The molecule has 184 valence electrons. The van der Waals surface area contributed by atoms with E-state index < -0.39 is 15.9 Å². The van der Waals surface area contributed by atoms with Crippen molar-refractivity contribution in [2.24, 2.45) is 0 Å². The Bertz CT molecular complexity index is 1330. The van der Waals surface area contributed by atoms with Crippen molar-refractivity contribution in [1.29, 1.82) is 0 Å². The lowest BCUT2D eigenvalue weighted by Gasteiger charge is -2.07. The molecule has 3 amide bonds. The number of aryl methyl sites for hydroxylation is 2. The number of carbonyl (C=O) groups excluding carboxylic acids is 2. The van der Waals surface area contributed by atoms with Gasteiger partial charge in [0.1, 0.15) is 4.88 Å². The molecular weight excluding hydrogens is 492 g/mol. The van der Waals surface area contributed by atoms with Gasteiger partial charge in [-0.05, 0) is 48.2 Å². The van der Waals surface area contributed by atoms with Crippen LogP contribution in [0.15, 0.2) is 53.4 Å². The summed E-state index contributed by atoms with van der Waals surface area (Å²) in [6.07, 6.45) is 0.952. The zero-order chi connectivity index (χ0) is 25.6. The van der Waals surface area contributed by atoms with Crippen LogP contribution in [0.2, 0.25) is 0 Å². The third-order valence-corrected chi connectivity index (χ3v) is 6.99. The molecular formula is C23H24N4O6S2. The van der Waals surface area contributed by atoms with Crippen LogP contribution in [0.25, 0.3) is 0 Å². The molecule has 0 aliphatic heterocycles. The fourth-order valence-electron chi connectivity index (χ4n) is 3.16. The maximum absolute atomic E-state index is 12.9. The molecule has 35 heavy (non-hydrogen) atoms. The van der Waals surface area contributed by atoms with Crippen LogP contribution in [0.5, 0.6) is 0 Å². The lowest BCUT2D eigenvalue weighted by atomic mass is 10.1. The summed E-state index contributed by atoms with van der Waals surface area (Å²) in [4.78, 5) is 40.1. The van der Waals surface area contributed by atoms with E-state index in [0.717, 1.165) is 28.7 Å². The van der Waals surface area contributed by atoms with Crippen LogP contribution < -0.4 is 16.0 Å². The van der Waals surface area contributed by atoms with E-state index in [4.69, 9.17) is 5.11 Å². The fourth-order valence-corrected chi connectivity index (χ4v) is 4.77. The van der Waals surface area contributed by atoms with E-state index in [9.17, 15) is 22.8 Å². The maximum Gasteiger partial charge on any atom is 0.409 e. The quantitative estimate of drug-likeness (QED) is 0.340. The first-order chi connectivity index (χ1) is 16.5. The van der Waals surface area contributed by atoms with Gasteiger partial charge in [-0.2, -0.15) is 0 Å². The van der Waals surface area contributed by atoms with Gasteiger partial charge in [0.25, 0.3) is 5.91 Å². The SMILES string of the molecule is CC(=O)Nc1nc(CCc2ccc(NC(=O)O)cc2)c(C(=O)NCc2ccc(S(C)(=O)=O)cc2)s1. The van der Waals surface area contributed by atoms with Crippen molar-refractivity contribution in [2.45, 2.75) is 31.2 Å². The number of rotatable bonds is 9. The summed E-state index contributed by atoms with van der Waals surface area (Å²) < 4.78 is 23.2. The molecule has 0 fully saturated rings. The first-order valence-corrected chi connectivity index (χ1v) is 13.2. The van der Waals surface area contributed by atoms with Crippen LogP contribution in [-0.4, -0.2) is 42.7 Å². The van der Waals surface area contributed by atoms with Crippen LogP contribution in [0, 0.1) is 0 Å². The predicted octanol–water partition coefficient (Wildman–Crippen LogP) is 3.31. The minimum Gasteiger partial charge on any atom is -0.465 e. The second-order valence-corrected chi connectivity index (χ2v) is 10.7. The molecule has 10 nitrogen and oxygen atoms in total. The van der Waals surface area contributed by atoms with Crippen molar-refractivity contribution in [3.63, 3.8) is 0 Å². The minimum atomic E-state index is -3.30. The molecule has 0 bridgehead atoms. The van der Waals surface area contributed by atoms with E-state index in [-0.39, 0.29) is 23.3 Å². The van der Waals surface area contributed by atoms with Gasteiger partial charge in [0.15, 0.2) is 15.0 Å². The number of carboxylic acid groups (broad SMARTS) is 1. The summed E-state index contributed by atoms with van der Waals surface area (Å²) in [6.45, 7) is 1.54. The van der Waals surface area contributed by atoms with Crippen LogP contribution in [0.1, 0.15) is 33.4 Å². The number of hydrogen-bond acceptors (Lipinski definition) is 7. The van der Waals surface area contributed by atoms with E-state index >= 15 is 0 Å². The molecule has 0 saturated heterocycles. The molecule has 0 aliphatic rings. The number of anilines is 2. The van der Waals surface area contributed by atoms with Crippen LogP contribution >= 0.6 is 11.3 Å². The lowest BCUT2D eigenvalue weighted by Crippen LogP contribution is -2.23. The number of aromatic nitrogens is 1. The number of thiazole rings is 1. The molecule has 0 radical (unpaired) electrons. The van der Waals surface area contributed by atoms with E-state index in [1.165, 1.54) is 19.1 Å². The monoisotopic (exact) mass is 516 g/mol. The highest BCUT2D eigenvalue weighted by molar-refractivity contribution is 7.90. The Morgan fingerprint density at radius 3 is 2.14 bits per heavy atom. The lowest BCUT2D eigenvalue weighted by molar-refractivity contribution is -0.114. The summed E-state index contributed by atoms with van der Waals surface area (Å²) in [7, 11) is -3.30. The number of nitrogens with one attached hydrogen (secondary N) is 3. The van der Waals surface area contributed by atoms with E-state index in [2.05, 4.69) is 20.9 Å². The van der Waals surface area contributed by atoms with Crippen LogP contribution in [0.3, 0.4) is 0 Å². The topological polar surface area (TPSA) is 155 Å². The van der Waals surface area contributed by atoms with Crippen molar-refractivity contribution >= 4 is 49.9 Å². The molecule has 12 heteroatoms. The third kappa shape index (κ3) is 7.62. The summed E-state index contributed by atoms with van der Waals surface area (Å²) in [5.74, 6) is -0.660. The van der Waals surface area contributed by atoms with E-state index in [1.54, 1.807) is 36.4 Å². The number of hydrogen-bond donors (Lipinski definition) is 4. The molecule has 1 aromatic heterocycles. The number of amides is 3. The van der Waals surface area contributed by atoms with Crippen LogP contribution in [0.4, 0.5) is 15.6 Å². The summed E-state index contributed by atoms with van der Waals surface area (Å²) >= 11 is 1.07. The minimum absolute atomic E-state index is 0.188. The average molecular weight is 517 g/mol. The first-order valence-electron chi connectivity index (χ1n) is 10.4. The Labute approximate surface area is 206 Å². The smallest absolute Gasteiger partial charge is 0.409 e. The number of sulfone groups is 1. The Balaban J connectivity index is 1.70. The second kappa shape index (κ2) is 11.1. The van der Waals surface area contributed by atoms with Gasteiger partial charge in [0.05, 0.1) is 10.6 Å². The average Bonchev–Trinajstić information content (AvgIpc) is 3.18. The molecule has 3 rings (SSSR count). The van der Waals surface area contributed by atoms with Gasteiger partial charge < -0.3 is 15.7 Å². The molecule has 0 spiro atoms. The maximum atomic E-state index is 12.9. The first kappa shape index (κ1) is 25.8. The van der Waals surface area contributed by atoms with Crippen molar-refractivity contribution in [3.8, 4) is 0 Å². The molecule has 1 heterocycles. The number of benzene rings is 2. The highest BCUT2D eigenvalue weighted by atomic mass is 32.2. The molecule has 2 aromatic carbocycles. The van der Waals surface area contributed by atoms with Gasteiger partial charge in [-0.1, -0.05) is 35.6 Å². The van der Waals surface area contributed by atoms with Crippen molar-refractivity contribution in [1.82, 2.24) is 10.3 Å². The molecule has 0 aliphatic carbocycles. The second-order valence-electron chi connectivity index (χ2n) is 7.70. The highest BCUT2D eigenvalue weighted by Crippen LogP contribution is 2.25. The van der Waals surface area contributed by atoms with Crippen molar-refractivity contribution in [3.05, 3.63) is 70.2 Å². The van der Waals surface area contributed by atoms with Gasteiger partial charge in [-0.15, -0.1) is 0 Å². The Hall–Kier alpha value is -3.77. The molecule has 0 unspecified atom stereocenters. The Morgan fingerprint density at radius 2 is 1.57 bits per heavy atom. The molecule has 0 saturated carbocycles. The largest absolute Gasteiger partial charge is 0.465 e. The number of carbonyl (C=O) groups is 3. The Morgan fingerprint density at radius 1 is 0.943 bits per heavy atom. The number of nitrogens with zero attached hydrogens (tertiary/aromatic N) is 1. The normalized spacial score (nSPS) is 11.0. The summed E-state index contributed by atoms with van der Waals surface area (Å²) in [6, 6.07) is 13.1. The van der Waals surface area contributed by atoms with E-state index in [1.807, 2.05) is 0 Å². The molecule has 0 atom stereocenters. The van der Waals surface area contributed by atoms with Gasteiger partial charge >= 0.3 is 6.09 Å². The van der Waals surface area contributed by atoms with Gasteiger partial charge in [-0.25, -0.2) is 18.2 Å². The third-order valence-electron chi connectivity index (χ3n) is 4.85.